The maximum atomic E-state index is 12.2. The average Bonchev–Trinajstić information content (AvgIpc) is 3.23. The number of rotatable bonds is 1. The van der Waals surface area contributed by atoms with Gasteiger partial charge >= 0.3 is 6.03 Å². The molecular formula is C14H18N2O2. The first-order valence-electron chi connectivity index (χ1n) is 6.66. The van der Waals surface area contributed by atoms with Gasteiger partial charge < -0.3 is 4.90 Å². The molecule has 1 aromatic rings. The standard InChI is InChI=1S/C14H18N2O2/c17-14(15-10-6-1-2-7-11-15)16-13(18-16)12-8-4-3-5-9-12/h3-5,8-9,13H,1-2,6-7,10-11H2. The van der Waals surface area contributed by atoms with Gasteiger partial charge in [-0.25, -0.2) is 9.63 Å². The summed E-state index contributed by atoms with van der Waals surface area (Å²) < 4.78 is 0. The normalized spacial score (nSPS) is 23.7. The molecule has 2 saturated heterocycles. The van der Waals surface area contributed by atoms with Crippen LogP contribution in [0.25, 0.3) is 0 Å². The Balaban J connectivity index is 1.61. The predicted molar refractivity (Wildman–Crippen MR) is 67.5 cm³/mol. The van der Waals surface area contributed by atoms with Gasteiger partial charge in [-0.3, -0.25) is 0 Å². The van der Waals surface area contributed by atoms with Crippen LogP contribution in [0, 0.1) is 0 Å². The molecule has 2 aliphatic heterocycles. The highest BCUT2D eigenvalue weighted by Crippen LogP contribution is 2.37. The molecule has 0 aromatic heterocycles. The van der Waals surface area contributed by atoms with E-state index in [1.54, 1.807) is 0 Å². The number of amides is 2. The Labute approximate surface area is 107 Å². The summed E-state index contributed by atoms with van der Waals surface area (Å²) in [6.07, 6.45) is 4.49. The van der Waals surface area contributed by atoms with E-state index in [1.165, 1.54) is 17.9 Å². The maximum Gasteiger partial charge on any atom is 0.346 e. The highest BCUT2D eigenvalue weighted by Gasteiger charge is 2.44. The van der Waals surface area contributed by atoms with E-state index in [9.17, 15) is 4.79 Å². The van der Waals surface area contributed by atoms with Gasteiger partial charge in [-0.1, -0.05) is 43.2 Å². The van der Waals surface area contributed by atoms with E-state index in [2.05, 4.69) is 0 Å². The molecule has 4 heteroatoms. The van der Waals surface area contributed by atoms with Crippen molar-refractivity contribution in [2.24, 2.45) is 0 Å². The van der Waals surface area contributed by atoms with Crippen molar-refractivity contribution >= 4 is 6.03 Å². The number of carbonyl (C=O) groups excluding carboxylic acids is 1. The molecule has 18 heavy (non-hydrogen) atoms. The van der Waals surface area contributed by atoms with Crippen LogP contribution in [0.3, 0.4) is 0 Å². The van der Waals surface area contributed by atoms with Gasteiger partial charge in [-0.2, -0.15) is 5.06 Å². The van der Waals surface area contributed by atoms with Crippen LogP contribution in [0.15, 0.2) is 30.3 Å². The van der Waals surface area contributed by atoms with Crippen molar-refractivity contribution in [2.45, 2.75) is 31.9 Å². The van der Waals surface area contributed by atoms with Gasteiger partial charge in [0, 0.05) is 18.7 Å². The number of likely N-dealkylation sites (tertiary alicyclic amines) is 1. The number of carbonyl (C=O) groups is 1. The zero-order valence-electron chi connectivity index (χ0n) is 10.4. The van der Waals surface area contributed by atoms with Crippen molar-refractivity contribution in [1.29, 1.82) is 0 Å². The number of nitrogens with zero attached hydrogens (tertiary/aromatic N) is 2. The van der Waals surface area contributed by atoms with E-state index < -0.39 is 0 Å². The van der Waals surface area contributed by atoms with Crippen LogP contribution in [0.2, 0.25) is 0 Å². The van der Waals surface area contributed by atoms with E-state index in [0.717, 1.165) is 31.5 Å². The molecule has 1 unspecified atom stereocenters. The van der Waals surface area contributed by atoms with E-state index in [-0.39, 0.29) is 12.3 Å². The van der Waals surface area contributed by atoms with E-state index in [4.69, 9.17) is 4.84 Å². The summed E-state index contributed by atoms with van der Waals surface area (Å²) in [4.78, 5) is 19.5. The predicted octanol–water partition coefficient (Wildman–Crippen LogP) is 2.93. The lowest BCUT2D eigenvalue weighted by atomic mass is 10.2. The van der Waals surface area contributed by atoms with E-state index >= 15 is 0 Å². The number of hydroxylamine groups is 2. The van der Waals surface area contributed by atoms with Crippen molar-refractivity contribution in [3.8, 4) is 0 Å². The molecule has 1 aromatic carbocycles. The van der Waals surface area contributed by atoms with Crippen LogP contribution in [0.5, 0.6) is 0 Å². The van der Waals surface area contributed by atoms with Gasteiger partial charge in [0.15, 0.2) is 0 Å². The second-order valence-corrected chi connectivity index (χ2v) is 4.88. The maximum absolute atomic E-state index is 12.2. The van der Waals surface area contributed by atoms with Crippen LogP contribution < -0.4 is 0 Å². The molecule has 4 nitrogen and oxygen atoms in total. The lowest BCUT2D eigenvalue weighted by Crippen LogP contribution is -2.35. The Morgan fingerprint density at radius 1 is 1.06 bits per heavy atom. The summed E-state index contributed by atoms with van der Waals surface area (Å²) >= 11 is 0. The summed E-state index contributed by atoms with van der Waals surface area (Å²) in [7, 11) is 0. The summed E-state index contributed by atoms with van der Waals surface area (Å²) in [5.74, 6) is 0. The van der Waals surface area contributed by atoms with Gasteiger partial charge in [0.1, 0.15) is 0 Å². The van der Waals surface area contributed by atoms with E-state index in [0.29, 0.717) is 0 Å². The SMILES string of the molecule is O=C(N1CCCCCC1)N1OC1c1ccccc1. The molecule has 2 fully saturated rings. The fourth-order valence-electron chi connectivity index (χ4n) is 2.44. The second-order valence-electron chi connectivity index (χ2n) is 4.88. The number of urea groups is 1. The second kappa shape index (κ2) is 4.98. The molecule has 2 heterocycles. The van der Waals surface area contributed by atoms with Gasteiger partial charge in [0.2, 0.25) is 6.23 Å². The molecule has 96 valence electrons. The summed E-state index contributed by atoms with van der Waals surface area (Å²) in [5.41, 5.74) is 1.04. The third-order valence-corrected chi connectivity index (χ3v) is 3.53. The molecule has 0 aliphatic carbocycles. The van der Waals surface area contributed by atoms with Crippen LogP contribution >= 0.6 is 0 Å². The Morgan fingerprint density at radius 3 is 2.39 bits per heavy atom. The molecule has 3 rings (SSSR count). The Kier molecular flexibility index (Phi) is 3.19. The molecule has 2 amide bonds. The summed E-state index contributed by atoms with van der Waals surface area (Å²) in [6.45, 7) is 1.72. The van der Waals surface area contributed by atoms with Gasteiger partial charge in [0.25, 0.3) is 0 Å². The fraction of sp³-hybridized carbons (Fsp3) is 0.500. The molecule has 0 bridgehead atoms. The topological polar surface area (TPSA) is 35.9 Å². The molecular weight excluding hydrogens is 228 g/mol. The van der Waals surface area contributed by atoms with E-state index in [1.807, 2.05) is 35.2 Å². The molecule has 1 atom stereocenters. The minimum atomic E-state index is -0.179. The molecule has 0 saturated carbocycles. The van der Waals surface area contributed by atoms with Crippen molar-refractivity contribution in [3.05, 3.63) is 35.9 Å². The molecule has 2 aliphatic rings. The highest BCUT2D eigenvalue weighted by atomic mass is 16.8. The first-order valence-corrected chi connectivity index (χ1v) is 6.66. The van der Waals surface area contributed by atoms with Crippen LogP contribution in [0.4, 0.5) is 4.79 Å². The molecule has 0 spiro atoms. The Hall–Kier alpha value is -1.55. The number of benzene rings is 1. The molecule has 0 N–H and O–H groups in total. The largest absolute Gasteiger partial charge is 0.346 e. The Bertz CT molecular complexity index is 413. The lowest BCUT2D eigenvalue weighted by Gasteiger charge is -2.19. The quantitative estimate of drug-likeness (QED) is 0.714. The first kappa shape index (κ1) is 11.5. The van der Waals surface area contributed by atoms with Crippen molar-refractivity contribution in [3.63, 3.8) is 0 Å². The van der Waals surface area contributed by atoms with Crippen molar-refractivity contribution < 1.29 is 9.63 Å². The lowest BCUT2D eigenvalue weighted by molar-refractivity contribution is 0.139. The third kappa shape index (κ3) is 2.34. The van der Waals surface area contributed by atoms with Gasteiger partial charge in [0.05, 0.1) is 0 Å². The first-order chi connectivity index (χ1) is 8.86. The minimum absolute atomic E-state index is 0.0192. The van der Waals surface area contributed by atoms with Crippen LogP contribution in [-0.4, -0.2) is 29.1 Å². The van der Waals surface area contributed by atoms with Crippen LogP contribution in [0.1, 0.15) is 37.5 Å². The molecule has 0 radical (unpaired) electrons. The van der Waals surface area contributed by atoms with Crippen molar-refractivity contribution in [2.75, 3.05) is 13.1 Å². The summed E-state index contributed by atoms with van der Waals surface area (Å²) in [6, 6.07) is 9.89. The third-order valence-electron chi connectivity index (χ3n) is 3.53. The monoisotopic (exact) mass is 246 g/mol. The van der Waals surface area contributed by atoms with Crippen LogP contribution in [-0.2, 0) is 4.84 Å². The van der Waals surface area contributed by atoms with Crippen molar-refractivity contribution in [1.82, 2.24) is 9.96 Å². The fourth-order valence-corrected chi connectivity index (χ4v) is 2.44. The smallest absolute Gasteiger partial charge is 0.323 e. The van der Waals surface area contributed by atoms with Gasteiger partial charge in [-0.05, 0) is 12.8 Å². The number of hydrogen-bond donors (Lipinski definition) is 0. The number of hydrogen-bond acceptors (Lipinski definition) is 2. The van der Waals surface area contributed by atoms with Gasteiger partial charge in [-0.15, -0.1) is 0 Å². The zero-order valence-corrected chi connectivity index (χ0v) is 10.4. The minimum Gasteiger partial charge on any atom is -0.323 e. The Morgan fingerprint density at radius 2 is 1.72 bits per heavy atom. The average molecular weight is 246 g/mol. The highest BCUT2D eigenvalue weighted by molar-refractivity contribution is 5.75. The summed E-state index contributed by atoms with van der Waals surface area (Å²) in [5, 5.41) is 1.49. The zero-order chi connectivity index (χ0) is 12.4.